The monoisotopic (exact) mass is 311 g/mol. The van der Waals surface area contributed by atoms with E-state index in [1.165, 1.54) is 0 Å². The van der Waals surface area contributed by atoms with Gasteiger partial charge in [-0.15, -0.1) is 12.4 Å². The number of benzene rings is 1. The Labute approximate surface area is 110 Å². The highest BCUT2D eigenvalue weighted by molar-refractivity contribution is 5.85. The first-order valence-electron chi connectivity index (χ1n) is 4.69. The van der Waals surface area contributed by atoms with E-state index in [0.717, 1.165) is 6.07 Å². The minimum absolute atomic E-state index is 0. The Bertz CT molecular complexity index is 427. The second kappa shape index (κ2) is 5.96. The Balaban J connectivity index is 0.00000324. The predicted molar refractivity (Wildman–Crippen MR) is 56.3 cm³/mol. The molecule has 0 radical (unpaired) electrons. The lowest BCUT2D eigenvalue weighted by Gasteiger charge is -2.16. The van der Waals surface area contributed by atoms with Crippen LogP contribution in [0.5, 0.6) is 0 Å². The molecule has 1 atom stereocenters. The summed E-state index contributed by atoms with van der Waals surface area (Å²) in [5.41, 5.74) is 3.27. The number of nitrogens with two attached hydrogens (primary N) is 1. The highest BCUT2D eigenvalue weighted by Crippen LogP contribution is 2.34. The molecule has 1 rings (SSSR count). The zero-order valence-corrected chi connectivity index (χ0v) is 9.96. The van der Waals surface area contributed by atoms with Gasteiger partial charge in [0, 0.05) is 6.04 Å². The lowest BCUT2D eigenvalue weighted by Crippen LogP contribution is -2.20. The normalized spacial score (nSPS) is 13.9. The van der Waals surface area contributed by atoms with Crippen LogP contribution >= 0.6 is 12.4 Å². The molecule has 0 saturated carbocycles. The molecule has 2 N–H and O–H groups in total. The SMILES string of the molecule is Cl.N[C@@H](CC(F)(F)F)c1ccc(C(F)(F)F)c(F)c1. The predicted octanol–water partition coefficient (Wildman–Crippen LogP) is 4.22. The third-order valence-corrected chi connectivity index (χ3v) is 2.18. The first-order chi connectivity index (χ1) is 8.00. The average molecular weight is 312 g/mol. The van der Waals surface area contributed by atoms with Gasteiger partial charge in [0.1, 0.15) is 5.82 Å². The Kier molecular flexibility index (Phi) is 5.64. The fourth-order valence-electron chi connectivity index (χ4n) is 1.36. The molecule has 19 heavy (non-hydrogen) atoms. The number of hydrogen-bond acceptors (Lipinski definition) is 1. The molecule has 0 saturated heterocycles. The highest BCUT2D eigenvalue weighted by atomic mass is 35.5. The van der Waals surface area contributed by atoms with Gasteiger partial charge >= 0.3 is 12.4 Å². The zero-order chi connectivity index (χ0) is 14.1. The van der Waals surface area contributed by atoms with E-state index in [9.17, 15) is 30.7 Å². The molecule has 110 valence electrons. The summed E-state index contributed by atoms with van der Waals surface area (Å²) in [6, 6.07) is -0.107. The number of alkyl halides is 6. The molecule has 0 amide bonds. The van der Waals surface area contributed by atoms with Crippen LogP contribution in [0.2, 0.25) is 0 Å². The van der Waals surface area contributed by atoms with E-state index in [0.29, 0.717) is 12.1 Å². The minimum atomic E-state index is -4.89. The van der Waals surface area contributed by atoms with Crippen LogP contribution in [-0.2, 0) is 6.18 Å². The Morgan fingerprint density at radius 3 is 1.95 bits per heavy atom. The van der Waals surface area contributed by atoms with Crippen molar-refractivity contribution >= 4 is 12.4 Å². The van der Waals surface area contributed by atoms with Crippen molar-refractivity contribution in [3.05, 3.63) is 35.1 Å². The van der Waals surface area contributed by atoms with Gasteiger partial charge in [-0.25, -0.2) is 4.39 Å². The molecule has 0 aliphatic heterocycles. The molecule has 0 bridgehead atoms. The van der Waals surface area contributed by atoms with E-state index < -0.39 is 36.2 Å². The fourth-order valence-corrected chi connectivity index (χ4v) is 1.36. The molecule has 0 aliphatic carbocycles. The van der Waals surface area contributed by atoms with Crippen LogP contribution in [0, 0.1) is 5.82 Å². The average Bonchev–Trinajstić information content (AvgIpc) is 2.12. The summed E-state index contributed by atoms with van der Waals surface area (Å²) in [6.45, 7) is 0. The maximum absolute atomic E-state index is 13.1. The van der Waals surface area contributed by atoms with Crippen molar-refractivity contribution in [2.45, 2.75) is 24.8 Å². The van der Waals surface area contributed by atoms with Crippen LogP contribution < -0.4 is 5.73 Å². The smallest absolute Gasteiger partial charge is 0.324 e. The first-order valence-corrected chi connectivity index (χ1v) is 4.69. The third-order valence-electron chi connectivity index (χ3n) is 2.18. The van der Waals surface area contributed by atoms with Crippen LogP contribution in [0.15, 0.2) is 18.2 Å². The second-order valence-corrected chi connectivity index (χ2v) is 3.66. The van der Waals surface area contributed by atoms with Gasteiger partial charge in [0.05, 0.1) is 12.0 Å². The van der Waals surface area contributed by atoms with Gasteiger partial charge in [-0.05, 0) is 17.7 Å². The number of rotatable bonds is 2. The van der Waals surface area contributed by atoms with Gasteiger partial charge in [-0.2, -0.15) is 26.3 Å². The minimum Gasteiger partial charge on any atom is -0.324 e. The summed E-state index contributed by atoms with van der Waals surface area (Å²) in [5, 5.41) is 0. The van der Waals surface area contributed by atoms with Crippen LogP contribution in [0.4, 0.5) is 30.7 Å². The van der Waals surface area contributed by atoms with Crippen molar-refractivity contribution in [1.29, 1.82) is 0 Å². The van der Waals surface area contributed by atoms with Crippen LogP contribution in [0.25, 0.3) is 0 Å². The molecule has 1 nitrogen and oxygen atoms in total. The van der Waals surface area contributed by atoms with Crippen molar-refractivity contribution in [1.82, 2.24) is 0 Å². The molecule has 0 aliphatic rings. The first kappa shape index (κ1) is 18.0. The van der Waals surface area contributed by atoms with E-state index in [1.54, 1.807) is 0 Å². The van der Waals surface area contributed by atoms with E-state index in [1.807, 2.05) is 0 Å². The topological polar surface area (TPSA) is 26.0 Å². The van der Waals surface area contributed by atoms with Crippen LogP contribution in [0.3, 0.4) is 0 Å². The molecular weight excluding hydrogens is 303 g/mol. The summed E-state index contributed by atoms with van der Waals surface area (Å²) in [4.78, 5) is 0. The maximum atomic E-state index is 13.1. The third kappa shape index (κ3) is 5.23. The molecular formula is C10H9ClF7N. The summed E-state index contributed by atoms with van der Waals surface area (Å²) < 4.78 is 85.7. The molecule has 0 unspecified atom stereocenters. The molecule has 9 heteroatoms. The largest absolute Gasteiger partial charge is 0.419 e. The lowest BCUT2D eigenvalue weighted by atomic mass is 10.0. The summed E-state index contributed by atoms with van der Waals surface area (Å²) in [7, 11) is 0. The van der Waals surface area contributed by atoms with Gasteiger partial charge < -0.3 is 5.73 Å². The van der Waals surface area contributed by atoms with Crippen LogP contribution in [0.1, 0.15) is 23.6 Å². The maximum Gasteiger partial charge on any atom is 0.419 e. The molecule has 0 aromatic heterocycles. The van der Waals surface area contributed by atoms with E-state index in [4.69, 9.17) is 5.73 Å². The summed E-state index contributed by atoms with van der Waals surface area (Å²) >= 11 is 0. The summed E-state index contributed by atoms with van der Waals surface area (Å²) in [5.74, 6) is -1.64. The van der Waals surface area contributed by atoms with E-state index in [-0.39, 0.29) is 18.0 Å². The number of halogens is 8. The highest BCUT2D eigenvalue weighted by Gasteiger charge is 2.35. The Morgan fingerprint density at radius 1 is 1.05 bits per heavy atom. The molecule has 0 heterocycles. The lowest BCUT2D eigenvalue weighted by molar-refractivity contribution is -0.141. The van der Waals surface area contributed by atoms with Crippen molar-refractivity contribution in [3.8, 4) is 0 Å². The molecule has 0 fully saturated rings. The molecule has 1 aromatic carbocycles. The van der Waals surface area contributed by atoms with Crippen molar-refractivity contribution in [3.63, 3.8) is 0 Å². The quantitative estimate of drug-likeness (QED) is 0.813. The molecule has 1 aromatic rings. The zero-order valence-electron chi connectivity index (χ0n) is 9.15. The second-order valence-electron chi connectivity index (χ2n) is 3.66. The number of hydrogen-bond donors (Lipinski definition) is 1. The van der Waals surface area contributed by atoms with Gasteiger partial charge in [0.15, 0.2) is 0 Å². The van der Waals surface area contributed by atoms with E-state index in [2.05, 4.69) is 0 Å². The summed E-state index contributed by atoms with van der Waals surface area (Å²) in [6.07, 6.45) is -10.9. The van der Waals surface area contributed by atoms with Crippen LogP contribution in [-0.4, -0.2) is 6.18 Å². The van der Waals surface area contributed by atoms with Gasteiger partial charge in [0.2, 0.25) is 0 Å². The standard InChI is InChI=1S/C10H8F7N.ClH/c11-7-3-5(8(18)4-9(12,13)14)1-2-6(7)10(15,16)17;/h1-3,8H,4,18H2;1H/t8-;/m0./s1. The van der Waals surface area contributed by atoms with Crippen molar-refractivity contribution in [2.24, 2.45) is 5.73 Å². The fraction of sp³-hybridized carbons (Fsp3) is 0.400. The van der Waals surface area contributed by atoms with Crippen molar-refractivity contribution < 1.29 is 30.7 Å². The van der Waals surface area contributed by atoms with Crippen molar-refractivity contribution in [2.75, 3.05) is 0 Å². The Hall–Kier alpha value is -1.02. The Morgan fingerprint density at radius 2 is 1.58 bits per heavy atom. The van der Waals surface area contributed by atoms with Gasteiger partial charge in [0.25, 0.3) is 0 Å². The van der Waals surface area contributed by atoms with Gasteiger partial charge in [-0.1, -0.05) is 6.07 Å². The molecule has 0 spiro atoms. The van der Waals surface area contributed by atoms with Gasteiger partial charge in [-0.3, -0.25) is 0 Å². The van der Waals surface area contributed by atoms with E-state index >= 15 is 0 Å².